The second-order valence-corrected chi connectivity index (χ2v) is 5.30. The molecule has 1 N–H and O–H groups in total. The predicted octanol–water partition coefficient (Wildman–Crippen LogP) is 2.65. The fourth-order valence-electron chi connectivity index (χ4n) is 2.21. The van der Waals surface area contributed by atoms with Crippen molar-refractivity contribution in [3.63, 3.8) is 0 Å². The summed E-state index contributed by atoms with van der Waals surface area (Å²) in [6.07, 6.45) is 0.961. The number of rotatable bonds is 7. The minimum absolute atomic E-state index is 0.0756. The Morgan fingerprint density at radius 2 is 2.10 bits per heavy atom. The average molecular weight is 293 g/mol. The summed E-state index contributed by atoms with van der Waals surface area (Å²) in [5.41, 5.74) is 3.04. The minimum atomic E-state index is -0.103. The summed E-state index contributed by atoms with van der Waals surface area (Å²) >= 11 is 0. The van der Waals surface area contributed by atoms with Crippen LogP contribution in [-0.2, 0) is 11.3 Å². The van der Waals surface area contributed by atoms with Crippen LogP contribution >= 0.6 is 0 Å². The van der Waals surface area contributed by atoms with Crippen LogP contribution in [0.3, 0.4) is 0 Å². The van der Waals surface area contributed by atoms with Gasteiger partial charge in [0.15, 0.2) is 0 Å². The zero-order valence-corrected chi connectivity index (χ0v) is 13.8. The molecular weight excluding hydrogens is 266 g/mol. The lowest BCUT2D eigenvalue weighted by Crippen LogP contribution is -2.41. The first kappa shape index (κ1) is 17.4. The highest BCUT2D eigenvalue weighted by molar-refractivity contribution is 5.73. The maximum Gasteiger partial charge on any atom is 0.317 e. The van der Waals surface area contributed by atoms with Gasteiger partial charge in [-0.1, -0.05) is 6.92 Å². The second-order valence-electron chi connectivity index (χ2n) is 5.30. The van der Waals surface area contributed by atoms with Crippen molar-refractivity contribution < 1.29 is 9.53 Å². The van der Waals surface area contributed by atoms with Crippen LogP contribution in [0, 0.1) is 13.8 Å². The van der Waals surface area contributed by atoms with Crippen LogP contribution in [-0.4, -0.2) is 42.2 Å². The van der Waals surface area contributed by atoms with Gasteiger partial charge in [-0.15, -0.1) is 0 Å². The van der Waals surface area contributed by atoms with Crippen molar-refractivity contribution in [2.45, 2.75) is 46.8 Å². The van der Waals surface area contributed by atoms with Gasteiger partial charge in [0.1, 0.15) is 0 Å². The van der Waals surface area contributed by atoms with Crippen molar-refractivity contribution in [1.82, 2.24) is 15.2 Å². The fraction of sp³-hybridized carbons (Fsp3) is 0.625. The van der Waals surface area contributed by atoms with Gasteiger partial charge in [0.2, 0.25) is 0 Å². The predicted molar refractivity (Wildman–Crippen MR) is 84.3 cm³/mol. The molecule has 1 aromatic heterocycles. The largest absolute Gasteiger partial charge is 0.377 e. The summed E-state index contributed by atoms with van der Waals surface area (Å²) in [6, 6.07) is 3.93. The second kappa shape index (κ2) is 8.62. The number of aryl methyl sites for hydroxylation is 2. The third-order valence-electron chi connectivity index (χ3n) is 3.24. The number of pyridine rings is 1. The Hall–Kier alpha value is -1.62. The lowest BCUT2D eigenvalue weighted by Gasteiger charge is -2.21. The highest BCUT2D eigenvalue weighted by atomic mass is 16.5. The highest BCUT2D eigenvalue weighted by Crippen LogP contribution is 2.06. The van der Waals surface area contributed by atoms with E-state index < -0.39 is 0 Å². The van der Waals surface area contributed by atoms with Crippen LogP contribution in [0.15, 0.2) is 12.1 Å². The molecule has 5 heteroatoms. The van der Waals surface area contributed by atoms with Gasteiger partial charge in [-0.2, -0.15) is 0 Å². The van der Waals surface area contributed by atoms with Gasteiger partial charge in [0.25, 0.3) is 0 Å². The molecule has 2 amide bonds. The van der Waals surface area contributed by atoms with Gasteiger partial charge in [-0.05, 0) is 44.9 Å². The number of hydrogen-bond acceptors (Lipinski definition) is 3. The van der Waals surface area contributed by atoms with Crippen molar-refractivity contribution >= 4 is 6.03 Å². The molecule has 5 nitrogen and oxygen atoms in total. The molecule has 0 bridgehead atoms. The minimum Gasteiger partial charge on any atom is -0.377 e. The number of carbonyl (C=O) groups is 1. The number of carbonyl (C=O) groups excluding carboxylic acids is 1. The molecule has 0 spiro atoms. The monoisotopic (exact) mass is 293 g/mol. The summed E-state index contributed by atoms with van der Waals surface area (Å²) in [6.45, 7) is 9.71. The molecule has 0 fully saturated rings. The standard InChI is InChI=1S/C16H27N3O2/c1-6-15(21-7-2)10-17-16(20)19(5)11-14-9-12(3)8-13(4)18-14/h8-9,15H,6-7,10-11H2,1-5H3,(H,17,20)/t15-/m1/s1. The van der Waals surface area contributed by atoms with E-state index in [0.717, 1.165) is 23.4 Å². The third kappa shape index (κ3) is 6.12. The Morgan fingerprint density at radius 1 is 1.38 bits per heavy atom. The summed E-state index contributed by atoms with van der Waals surface area (Å²) in [5, 5.41) is 2.90. The molecule has 1 atom stereocenters. The Labute approximate surface area is 127 Å². The van der Waals surface area contributed by atoms with Gasteiger partial charge in [-0.3, -0.25) is 4.98 Å². The molecule has 0 saturated heterocycles. The Kier molecular flexibility index (Phi) is 7.15. The van der Waals surface area contributed by atoms with Gasteiger partial charge in [0.05, 0.1) is 18.3 Å². The molecule has 21 heavy (non-hydrogen) atoms. The van der Waals surface area contributed by atoms with Crippen LogP contribution in [0.5, 0.6) is 0 Å². The lowest BCUT2D eigenvalue weighted by molar-refractivity contribution is 0.0608. The van der Waals surface area contributed by atoms with Crippen molar-refractivity contribution in [1.29, 1.82) is 0 Å². The van der Waals surface area contributed by atoms with E-state index in [0.29, 0.717) is 19.7 Å². The number of amides is 2. The first-order valence-electron chi connectivity index (χ1n) is 7.51. The van der Waals surface area contributed by atoms with Crippen LogP contribution in [0.25, 0.3) is 0 Å². The Bertz CT molecular complexity index is 443. The van der Waals surface area contributed by atoms with E-state index in [-0.39, 0.29) is 12.1 Å². The van der Waals surface area contributed by atoms with Crippen molar-refractivity contribution in [2.24, 2.45) is 0 Å². The maximum absolute atomic E-state index is 12.1. The number of hydrogen-bond donors (Lipinski definition) is 1. The average Bonchev–Trinajstić information content (AvgIpc) is 2.41. The SMILES string of the molecule is CCO[C@H](CC)CNC(=O)N(C)Cc1cc(C)cc(C)n1. The number of nitrogens with zero attached hydrogens (tertiary/aromatic N) is 2. The first-order chi connectivity index (χ1) is 9.96. The van der Waals surface area contributed by atoms with E-state index in [1.54, 1.807) is 11.9 Å². The molecule has 0 radical (unpaired) electrons. The summed E-state index contributed by atoms with van der Waals surface area (Å²) in [7, 11) is 1.77. The summed E-state index contributed by atoms with van der Waals surface area (Å²) in [4.78, 5) is 18.2. The lowest BCUT2D eigenvalue weighted by atomic mass is 10.2. The Morgan fingerprint density at radius 3 is 2.67 bits per heavy atom. The first-order valence-corrected chi connectivity index (χ1v) is 7.51. The van der Waals surface area contributed by atoms with Crippen molar-refractivity contribution in [3.05, 3.63) is 29.1 Å². The van der Waals surface area contributed by atoms with E-state index in [1.165, 1.54) is 0 Å². The third-order valence-corrected chi connectivity index (χ3v) is 3.24. The molecule has 1 rings (SSSR count). The maximum atomic E-state index is 12.1. The number of aromatic nitrogens is 1. The zero-order valence-electron chi connectivity index (χ0n) is 13.8. The smallest absolute Gasteiger partial charge is 0.317 e. The van der Waals surface area contributed by atoms with Crippen LogP contribution < -0.4 is 5.32 Å². The summed E-state index contributed by atoms with van der Waals surface area (Å²) in [5.74, 6) is 0. The molecule has 0 saturated carbocycles. The van der Waals surface area contributed by atoms with Crippen LogP contribution in [0.4, 0.5) is 4.79 Å². The molecule has 0 aliphatic rings. The molecule has 0 aromatic carbocycles. The molecule has 118 valence electrons. The van der Waals surface area contributed by atoms with E-state index in [2.05, 4.69) is 17.2 Å². The van der Waals surface area contributed by atoms with Gasteiger partial charge in [-0.25, -0.2) is 4.79 Å². The topological polar surface area (TPSA) is 54.5 Å². The number of ether oxygens (including phenoxy) is 1. The van der Waals surface area contributed by atoms with E-state index in [4.69, 9.17) is 4.74 Å². The van der Waals surface area contributed by atoms with Crippen LogP contribution in [0.1, 0.15) is 37.2 Å². The quantitative estimate of drug-likeness (QED) is 0.841. The van der Waals surface area contributed by atoms with Gasteiger partial charge in [0, 0.05) is 25.9 Å². The van der Waals surface area contributed by atoms with Gasteiger partial charge < -0.3 is 15.0 Å². The summed E-state index contributed by atoms with van der Waals surface area (Å²) < 4.78 is 5.53. The van der Waals surface area contributed by atoms with Crippen molar-refractivity contribution in [2.75, 3.05) is 20.2 Å². The molecular formula is C16H27N3O2. The molecule has 1 aromatic rings. The normalized spacial score (nSPS) is 12.0. The molecule has 0 aliphatic carbocycles. The van der Waals surface area contributed by atoms with Gasteiger partial charge >= 0.3 is 6.03 Å². The fourth-order valence-corrected chi connectivity index (χ4v) is 2.21. The Balaban J connectivity index is 2.50. The van der Waals surface area contributed by atoms with Crippen molar-refractivity contribution in [3.8, 4) is 0 Å². The molecule has 1 heterocycles. The molecule has 0 unspecified atom stereocenters. The van der Waals surface area contributed by atoms with E-state index in [1.807, 2.05) is 32.9 Å². The van der Waals surface area contributed by atoms with E-state index >= 15 is 0 Å². The number of urea groups is 1. The zero-order chi connectivity index (χ0) is 15.8. The highest BCUT2D eigenvalue weighted by Gasteiger charge is 2.12. The number of nitrogens with one attached hydrogen (secondary N) is 1. The van der Waals surface area contributed by atoms with Crippen LogP contribution in [0.2, 0.25) is 0 Å². The van der Waals surface area contributed by atoms with E-state index in [9.17, 15) is 4.79 Å². The molecule has 0 aliphatic heterocycles.